The molecule has 1 aliphatic rings. The van der Waals surface area contributed by atoms with Gasteiger partial charge in [0.15, 0.2) is 0 Å². The third-order valence-electron chi connectivity index (χ3n) is 4.39. The third-order valence-corrected chi connectivity index (χ3v) is 4.39. The van der Waals surface area contributed by atoms with E-state index in [4.69, 9.17) is 0 Å². The fraction of sp³-hybridized carbons (Fsp3) is 0.529. The Balaban J connectivity index is 1.58. The predicted molar refractivity (Wildman–Crippen MR) is 91.6 cm³/mol. The second-order valence-electron chi connectivity index (χ2n) is 6.32. The molecule has 1 fully saturated rings. The Morgan fingerprint density at radius 3 is 2.74 bits per heavy atom. The fourth-order valence-electron chi connectivity index (χ4n) is 3.05. The van der Waals surface area contributed by atoms with Crippen molar-refractivity contribution in [3.05, 3.63) is 36.7 Å². The summed E-state index contributed by atoms with van der Waals surface area (Å²) in [6.07, 6.45) is 11.8. The number of nitrogens with zero attached hydrogens (tertiary/aromatic N) is 6. The lowest BCUT2D eigenvalue weighted by Crippen LogP contribution is -2.25. The Hall–Kier alpha value is -2.24. The lowest BCUT2D eigenvalue weighted by atomic mass is 9.95. The molecule has 0 N–H and O–H groups in total. The molecule has 1 unspecified atom stereocenters. The predicted octanol–water partition coefficient (Wildman–Crippen LogP) is 2.18. The average molecular weight is 312 g/mol. The van der Waals surface area contributed by atoms with Crippen LogP contribution >= 0.6 is 0 Å². The van der Waals surface area contributed by atoms with Gasteiger partial charge in [-0.1, -0.05) is 0 Å². The summed E-state index contributed by atoms with van der Waals surface area (Å²) in [6.45, 7) is 2.11. The molecule has 122 valence electrons. The summed E-state index contributed by atoms with van der Waals surface area (Å²) >= 11 is 0. The first kappa shape index (κ1) is 15.6. The standard InChI is InChI=1S/C17H24N6/c1-22(2)17-12-19-15(11-20-17)10-14-4-3-8-23(9-6-14)16-5-7-18-13-21-16/h5,7,11-14H,3-4,6,8-10H2,1-2H3. The van der Waals surface area contributed by atoms with Crippen molar-refractivity contribution in [2.24, 2.45) is 5.92 Å². The number of rotatable bonds is 4. The number of aromatic nitrogens is 4. The van der Waals surface area contributed by atoms with Crippen LogP contribution < -0.4 is 9.80 Å². The molecule has 3 heterocycles. The maximum Gasteiger partial charge on any atom is 0.146 e. The van der Waals surface area contributed by atoms with E-state index in [9.17, 15) is 0 Å². The average Bonchev–Trinajstić information content (AvgIpc) is 2.82. The van der Waals surface area contributed by atoms with Crippen molar-refractivity contribution in [3.63, 3.8) is 0 Å². The van der Waals surface area contributed by atoms with Crippen LogP contribution in [0.2, 0.25) is 0 Å². The normalized spacial score (nSPS) is 18.5. The van der Waals surface area contributed by atoms with Crippen LogP contribution in [0.25, 0.3) is 0 Å². The van der Waals surface area contributed by atoms with E-state index in [0.717, 1.165) is 36.8 Å². The van der Waals surface area contributed by atoms with E-state index in [2.05, 4.69) is 24.8 Å². The highest BCUT2D eigenvalue weighted by molar-refractivity contribution is 5.36. The highest BCUT2D eigenvalue weighted by Gasteiger charge is 2.19. The van der Waals surface area contributed by atoms with Crippen molar-refractivity contribution in [1.82, 2.24) is 19.9 Å². The molecule has 6 heteroatoms. The van der Waals surface area contributed by atoms with Gasteiger partial charge in [-0.25, -0.2) is 15.0 Å². The molecular formula is C17H24N6. The molecule has 1 aliphatic heterocycles. The van der Waals surface area contributed by atoms with Gasteiger partial charge in [-0.2, -0.15) is 0 Å². The van der Waals surface area contributed by atoms with Crippen molar-refractivity contribution in [3.8, 4) is 0 Å². The van der Waals surface area contributed by atoms with E-state index >= 15 is 0 Å². The lowest BCUT2D eigenvalue weighted by Gasteiger charge is -2.21. The Labute approximate surface area is 137 Å². The van der Waals surface area contributed by atoms with E-state index in [1.807, 2.05) is 43.7 Å². The molecule has 0 aliphatic carbocycles. The van der Waals surface area contributed by atoms with Crippen molar-refractivity contribution in [2.75, 3.05) is 37.0 Å². The quantitative estimate of drug-likeness (QED) is 0.862. The molecule has 1 atom stereocenters. The summed E-state index contributed by atoms with van der Waals surface area (Å²) < 4.78 is 0. The SMILES string of the molecule is CN(C)c1cnc(CC2CCCN(c3ccncn3)CC2)cn1. The van der Waals surface area contributed by atoms with Gasteiger partial charge < -0.3 is 9.80 Å². The van der Waals surface area contributed by atoms with E-state index in [-0.39, 0.29) is 0 Å². The molecule has 23 heavy (non-hydrogen) atoms. The first-order valence-corrected chi connectivity index (χ1v) is 8.21. The zero-order chi connectivity index (χ0) is 16.1. The summed E-state index contributed by atoms with van der Waals surface area (Å²) in [7, 11) is 3.97. The Bertz CT molecular complexity index is 598. The van der Waals surface area contributed by atoms with Gasteiger partial charge in [0.25, 0.3) is 0 Å². The minimum Gasteiger partial charge on any atom is -0.361 e. The topological polar surface area (TPSA) is 58.0 Å². The highest BCUT2D eigenvalue weighted by atomic mass is 15.2. The summed E-state index contributed by atoms with van der Waals surface area (Å²) in [4.78, 5) is 21.7. The maximum absolute atomic E-state index is 4.56. The Morgan fingerprint density at radius 2 is 2.04 bits per heavy atom. The minimum absolute atomic E-state index is 0.668. The summed E-state index contributed by atoms with van der Waals surface area (Å²) in [5.41, 5.74) is 1.09. The summed E-state index contributed by atoms with van der Waals surface area (Å²) in [5, 5.41) is 0. The molecule has 0 bridgehead atoms. The van der Waals surface area contributed by atoms with Crippen molar-refractivity contribution in [2.45, 2.75) is 25.7 Å². The molecular weight excluding hydrogens is 288 g/mol. The molecule has 0 saturated carbocycles. The van der Waals surface area contributed by atoms with E-state index in [0.29, 0.717) is 5.92 Å². The Morgan fingerprint density at radius 1 is 1.13 bits per heavy atom. The van der Waals surface area contributed by atoms with Crippen LogP contribution in [0.15, 0.2) is 31.0 Å². The molecule has 0 aromatic carbocycles. The van der Waals surface area contributed by atoms with Crippen LogP contribution in [-0.2, 0) is 6.42 Å². The second-order valence-corrected chi connectivity index (χ2v) is 6.32. The Kier molecular flexibility index (Phi) is 5.00. The van der Waals surface area contributed by atoms with Crippen molar-refractivity contribution in [1.29, 1.82) is 0 Å². The number of hydrogen-bond donors (Lipinski definition) is 0. The number of hydrogen-bond acceptors (Lipinski definition) is 6. The summed E-state index contributed by atoms with van der Waals surface area (Å²) in [5.74, 6) is 2.61. The van der Waals surface area contributed by atoms with E-state index in [1.165, 1.54) is 19.3 Å². The van der Waals surface area contributed by atoms with Gasteiger partial charge in [0.05, 0.1) is 18.1 Å². The minimum atomic E-state index is 0.668. The van der Waals surface area contributed by atoms with Crippen LogP contribution in [0.3, 0.4) is 0 Å². The molecule has 2 aromatic rings. The first-order valence-electron chi connectivity index (χ1n) is 8.21. The molecule has 6 nitrogen and oxygen atoms in total. The largest absolute Gasteiger partial charge is 0.361 e. The monoisotopic (exact) mass is 312 g/mol. The second kappa shape index (κ2) is 7.35. The zero-order valence-corrected chi connectivity index (χ0v) is 13.9. The van der Waals surface area contributed by atoms with Crippen LogP contribution in [0.4, 0.5) is 11.6 Å². The van der Waals surface area contributed by atoms with E-state index in [1.54, 1.807) is 6.33 Å². The molecule has 3 rings (SSSR count). The zero-order valence-electron chi connectivity index (χ0n) is 13.9. The van der Waals surface area contributed by atoms with Gasteiger partial charge in [-0.05, 0) is 37.7 Å². The van der Waals surface area contributed by atoms with E-state index < -0.39 is 0 Å². The molecule has 0 amide bonds. The lowest BCUT2D eigenvalue weighted by molar-refractivity contribution is 0.466. The molecule has 0 radical (unpaired) electrons. The molecule has 1 saturated heterocycles. The fourth-order valence-corrected chi connectivity index (χ4v) is 3.05. The van der Waals surface area contributed by atoms with Crippen LogP contribution in [0, 0.1) is 5.92 Å². The van der Waals surface area contributed by atoms with Crippen LogP contribution in [-0.4, -0.2) is 47.1 Å². The highest BCUT2D eigenvalue weighted by Crippen LogP contribution is 2.23. The number of anilines is 2. The van der Waals surface area contributed by atoms with Gasteiger partial charge in [0.1, 0.15) is 18.0 Å². The van der Waals surface area contributed by atoms with Gasteiger partial charge in [0, 0.05) is 33.4 Å². The smallest absolute Gasteiger partial charge is 0.146 e. The van der Waals surface area contributed by atoms with Gasteiger partial charge >= 0.3 is 0 Å². The van der Waals surface area contributed by atoms with Crippen LogP contribution in [0.1, 0.15) is 25.0 Å². The van der Waals surface area contributed by atoms with Gasteiger partial charge in [-0.15, -0.1) is 0 Å². The maximum atomic E-state index is 4.56. The van der Waals surface area contributed by atoms with Gasteiger partial charge in [0.2, 0.25) is 0 Å². The van der Waals surface area contributed by atoms with Crippen LogP contribution in [0.5, 0.6) is 0 Å². The molecule has 0 spiro atoms. The van der Waals surface area contributed by atoms with Gasteiger partial charge in [-0.3, -0.25) is 4.98 Å². The molecule has 2 aromatic heterocycles. The third kappa shape index (κ3) is 4.15. The first-order chi connectivity index (χ1) is 11.2. The van der Waals surface area contributed by atoms with Crippen molar-refractivity contribution < 1.29 is 0 Å². The summed E-state index contributed by atoms with van der Waals surface area (Å²) in [6, 6.07) is 1.99. The van der Waals surface area contributed by atoms with Crippen molar-refractivity contribution >= 4 is 11.6 Å².